The van der Waals surface area contributed by atoms with Crippen LogP contribution in [-0.2, 0) is 10.8 Å². The van der Waals surface area contributed by atoms with Gasteiger partial charge in [-0.1, -0.05) is 93.5 Å². The molecule has 0 amide bonds. The van der Waals surface area contributed by atoms with E-state index in [9.17, 15) is 0 Å². The van der Waals surface area contributed by atoms with Crippen molar-refractivity contribution < 1.29 is 17.3 Å². The van der Waals surface area contributed by atoms with Crippen LogP contribution in [0.4, 0.5) is 11.4 Å². The van der Waals surface area contributed by atoms with Gasteiger partial charge in [0, 0.05) is 0 Å². The molecular weight excluding hydrogens is 398 g/mol. The lowest BCUT2D eigenvalue weighted by Gasteiger charge is -2.33. The van der Waals surface area contributed by atoms with Gasteiger partial charge in [0.05, 0.1) is 7.05 Å². The standard InChI is InChI=1S/C29H45N.ClH/c1-26(2,3)20-28(7,8)22-12-16-24(17-13-22)30(11)25-18-14-23(15-19-25)29(9,10)21-27(4,5)6;/h12-19H,20-21H2,1-11H3;1H. The second-order valence-electron chi connectivity index (χ2n) is 13.0. The molecule has 0 atom stereocenters. The van der Waals surface area contributed by atoms with E-state index in [1.54, 1.807) is 0 Å². The van der Waals surface area contributed by atoms with Crippen molar-refractivity contribution in [1.29, 1.82) is 0 Å². The first kappa shape index (κ1) is 27.7. The summed E-state index contributed by atoms with van der Waals surface area (Å²) in [7, 11) is 2.24. The second-order valence-corrected chi connectivity index (χ2v) is 13.0. The fourth-order valence-corrected chi connectivity index (χ4v) is 5.37. The van der Waals surface area contributed by atoms with Gasteiger partial charge in [0.25, 0.3) is 0 Å². The molecule has 174 valence electrons. The number of hydrogen-bond donors (Lipinski definition) is 1. The van der Waals surface area contributed by atoms with Gasteiger partial charge < -0.3 is 12.4 Å². The number of nitrogens with one attached hydrogen (secondary N) is 1. The molecule has 0 bridgehead atoms. The molecule has 0 spiro atoms. The zero-order valence-electron chi connectivity index (χ0n) is 21.9. The SMILES string of the molecule is C[NH+](c1ccc(C(C)(C)CC(C)(C)C)cc1)c1ccc(C(C)(C)CC(C)(C)C)cc1.[Cl-]. The highest BCUT2D eigenvalue weighted by atomic mass is 35.5. The van der Waals surface area contributed by atoms with Crippen molar-refractivity contribution in [1.82, 2.24) is 0 Å². The van der Waals surface area contributed by atoms with Crippen LogP contribution in [0.5, 0.6) is 0 Å². The molecule has 31 heavy (non-hydrogen) atoms. The second kappa shape index (κ2) is 9.67. The Morgan fingerprint density at radius 2 is 0.774 bits per heavy atom. The number of hydrogen-bond acceptors (Lipinski definition) is 0. The minimum absolute atomic E-state index is 0. The van der Waals surface area contributed by atoms with E-state index in [0.29, 0.717) is 10.8 Å². The summed E-state index contributed by atoms with van der Waals surface area (Å²) >= 11 is 0. The maximum Gasteiger partial charge on any atom is 0.136 e. The molecule has 0 saturated heterocycles. The van der Waals surface area contributed by atoms with Crippen molar-refractivity contribution in [2.24, 2.45) is 10.8 Å². The molecule has 1 N–H and O–H groups in total. The van der Waals surface area contributed by atoms with Gasteiger partial charge >= 0.3 is 0 Å². The van der Waals surface area contributed by atoms with Crippen molar-refractivity contribution in [3.8, 4) is 0 Å². The predicted molar refractivity (Wildman–Crippen MR) is 133 cm³/mol. The van der Waals surface area contributed by atoms with Crippen LogP contribution < -0.4 is 17.3 Å². The average molecular weight is 444 g/mol. The smallest absolute Gasteiger partial charge is 0.136 e. The number of benzene rings is 2. The van der Waals surface area contributed by atoms with E-state index in [2.05, 4.69) is 125 Å². The first-order valence-electron chi connectivity index (χ1n) is 11.6. The molecule has 0 fully saturated rings. The summed E-state index contributed by atoms with van der Waals surface area (Å²) in [4.78, 5) is 1.34. The van der Waals surface area contributed by atoms with Crippen molar-refractivity contribution in [2.45, 2.75) is 92.9 Å². The molecule has 0 heterocycles. The molecule has 2 aromatic rings. The van der Waals surface area contributed by atoms with Gasteiger partial charge in [0.15, 0.2) is 0 Å². The van der Waals surface area contributed by atoms with Gasteiger partial charge in [-0.2, -0.15) is 0 Å². The molecule has 0 aliphatic rings. The summed E-state index contributed by atoms with van der Waals surface area (Å²) in [6.07, 6.45) is 2.35. The van der Waals surface area contributed by atoms with Crippen LogP contribution in [0.3, 0.4) is 0 Å². The summed E-state index contributed by atoms with van der Waals surface area (Å²) in [5, 5.41) is 0. The maximum atomic E-state index is 2.36. The van der Waals surface area contributed by atoms with Crippen LogP contribution in [0.25, 0.3) is 0 Å². The van der Waals surface area contributed by atoms with Crippen molar-refractivity contribution in [3.05, 3.63) is 59.7 Å². The summed E-state index contributed by atoms with van der Waals surface area (Å²) in [5.41, 5.74) is 6.50. The minimum Gasteiger partial charge on any atom is -1.00 e. The summed E-state index contributed by atoms with van der Waals surface area (Å²) in [5.74, 6) is 0. The van der Waals surface area contributed by atoms with Crippen LogP contribution >= 0.6 is 0 Å². The Morgan fingerprint density at radius 1 is 0.516 bits per heavy atom. The number of quaternary nitrogens is 1. The summed E-state index contributed by atoms with van der Waals surface area (Å²) in [6.45, 7) is 23.4. The third-order valence-corrected chi connectivity index (χ3v) is 6.14. The third-order valence-electron chi connectivity index (χ3n) is 6.14. The molecule has 0 unspecified atom stereocenters. The Morgan fingerprint density at radius 3 is 1.00 bits per heavy atom. The van der Waals surface area contributed by atoms with E-state index in [4.69, 9.17) is 0 Å². The van der Waals surface area contributed by atoms with Gasteiger partial charge in [0.1, 0.15) is 11.4 Å². The van der Waals surface area contributed by atoms with E-state index in [0.717, 1.165) is 0 Å². The molecular formula is C29H46ClN. The van der Waals surface area contributed by atoms with Crippen LogP contribution in [-0.4, -0.2) is 7.05 Å². The molecule has 0 radical (unpaired) electrons. The van der Waals surface area contributed by atoms with Crippen LogP contribution in [0.1, 0.15) is 93.2 Å². The Hall–Kier alpha value is -1.31. The first-order chi connectivity index (χ1) is 13.5. The quantitative estimate of drug-likeness (QED) is 0.665. The van der Waals surface area contributed by atoms with E-state index in [-0.39, 0.29) is 23.2 Å². The van der Waals surface area contributed by atoms with Crippen molar-refractivity contribution in [2.75, 3.05) is 7.05 Å². The Kier molecular flexibility index (Phi) is 8.65. The average Bonchev–Trinajstić information content (AvgIpc) is 2.57. The molecule has 0 saturated carbocycles. The van der Waals surface area contributed by atoms with E-state index in [1.807, 2.05) is 0 Å². The fraction of sp³-hybridized carbons (Fsp3) is 0.586. The largest absolute Gasteiger partial charge is 1.00 e. The van der Waals surface area contributed by atoms with Crippen LogP contribution in [0, 0.1) is 10.8 Å². The molecule has 0 aliphatic carbocycles. The van der Waals surface area contributed by atoms with Gasteiger partial charge in [0.2, 0.25) is 0 Å². The zero-order chi connectivity index (χ0) is 23.0. The monoisotopic (exact) mass is 443 g/mol. The third kappa shape index (κ3) is 7.95. The Labute approximate surface area is 199 Å². The van der Waals surface area contributed by atoms with Gasteiger partial charge in [-0.3, -0.25) is 4.90 Å². The summed E-state index contributed by atoms with van der Waals surface area (Å²) in [6, 6.07) is 18.5. The maximum absolute atomic E-state index is 2.36. The highest BCUT2D eigenvalue weighted by Gasteiger charge is 2.29. The molecule has 0 aromatic heterocycles. The fourth-order valence-electron chi connectivity index (χ4n) is 5.37. The number of rotatable bonds is 6. The lowest BCUT2D eigenvalue weighted by molar-refractivity contribution is -0.735. The zero-order valence-corrected chi connectivity index (χ0v) is 22.7. The highest BCUT2D eigenvalue weighted by molar-refractivity contribution is 5.42. The van der Waals surface area contributed by atoms with Gasteiger partial charge in [-0.25, -0.2) is 0 Å². The molecule has 0 aliphatic heterocycles. The minimum atomic E-state index is 0. The van der Waals surface area contributed by atoms with Gasteiger partial charge in [-0.15, -0.1) is 0 Å². The van der Waals surface area contributed by atoms with Gasteiger partial charge in [-0.05, 0) is 69.9 Å². The van der Waals surface area contributed by atoms with E-state index < -0.39 is 0 Å². The van der Waals surface area contributed by atoms with Crippen molar-refractivity contribution >= 4 is 11.4 Å². The summed E-state index contributed by atoms with van der Waals surface area (Å²) < 4.78 is 0. The first-order valence-corrected chi connectivity index (χ1v) is 11.6. The molecule has 2 aromatic carbocycles. The number of halogens is 1. The lowest BCUT2D eigenvalue weighted by Crippen LogP contribution is -3.00. The lowest BCUT2D eigenvalue weighted by atomic mass is 9.72. The van der Waals surface area contributed by atoms with Crippen LogP contribution in [0.2, 0.25) is 0 Å². The van der Waals surface area contributed by atoms with Crippen molar-refractivity contribution in [3.63, 3.8) is 0 Å². The Balaban J connectivity index is 0.00000480. The molecule has 2 heteroatoms. The predicted octanol–water partition coefficient (Wildman–Crippen LogP) is 4.60. The van der Waals surface area contributed by atoms with E-state index in [1.165, 1.54) is 40.2 Å². The Bertz CT molecular complexity index is 744. The molecule has 2 rings (SSSR count). The molecule has 1 nitrogen and oxygen atoms in total. The van der Waals surface area contributed by atoms with E-state index >= 15 is 0 Å². The topological polar surface area (TPSA) is 4.44 Å². The van der Waals surface area contributed by atoms with Crippen LogP contribution in [0.15, 0.2) is 48.5 Å². The highest BCUT2D eigenvalue weighted by Crippen LogP contribution is 2.37. The normalized spacial score (nSPS) is 13.3.